The minimum absolute atomic E-state index is 0.0820. The van der Waals surface area contributed by atoms with Crippen LogP contribution < -0.4 is 10.6 Å². The summed E-state index contributed by atoms with van der Waals surface area (Å²) in [6.07, 6.45) is -0.971. The number of likely N-dealkylation sites (tertiary alicyclic amines) is 1. The third-order valence-electron chi connectivity index (χ3n) is 8.18. The number of piperidine rings is 1. The zero-order valence-electron chi connectivity index (χ0n) is 26.9. The van der Waals surface area contributed by atoms with Gasteiger partial charge in [-0.1, -0.05) is 12.0 Å². The van der Waals surface area contributed by atoms with Crippen LogP contribution >= 0.6 is 0 Å². The summed E-state index contributed by atoms with van der Waals surface area (Å²) in [4.78, 5) is 20.6. The Morgan fingerprint density at radius 1 is 1.17 bits per heavy atom. The van der Waals surface area contributed by atoms with Gasteiger partial charge >= 0.3 is 6.18 Å². The van der Waals surface area contributed by atoms with Gasteiger partial charge in [0, 0.05) is 57.3 Å². The Balaban J connectivity index is 1.35. The Labute approximate surface area is 268 Å². The highest BCUT2D eigenvalue weighted by Gasteiger charge is 2.30. The van der Waals surface area contributed by atoms with Gasteiger partial charge in [0.05, 0.1) is 54.5 Å². The number of halogens is 3. The molecular formula is C34H42F3N7O2. The second kappa shape index (κ2) is 15.5. The number of fused-ring (bicyclic) bond motifs is 1. The third-order valence-corrected chi connectivity index (χ3v) is 8.18. The van der Waals surface area contributed by atoms with Gasteiger partial charge in [0.2, 0.25) is 5.91 Å². The highest BCUT2D eigenvalue weighted by atomic mass is 19.4. The molecule has 2 N–H and O–H groups in total. The predicted octanol–water partition coefficient (Wildman–Crippen LogP) is 4.52. The molecule has 0 radical (unpaired) electrons. The van der Waals surface area contributed by atoms with E-state index in [4.69, 9.17) is 4.74 Å². The molecule has 0 bridgehead atoms. The van der Waals surface area contributed by atoms with Crippen LogP contribution in [0, 0.1) is 23.2 Å². The number of alkyl halides is 3. The Kier molecular flexibility index (Phi) is 11.7. The van der Waals surface area contributed by atoms with Gasteiger partial charge in [-0.2, -0.15) is 18.4 Å². The number of methoxy groups -OCH3 is 1. The summed E-state index contributed by atoms with van der Waals surface area (Å²) in [5.41, 5.74) is 2.39. The smallest absolute Gasteiger partial charge is 0.383 e. The number of hydrogen-bond acceptors (Lipinski definition) is 7. The Morgan fingerprint density at radius 3 is 2.59 bits per heavy atom. The average molecular weight is 638 g/mol. The number of likely N-dealkylation sites (N-methyl/N-ethyl adjacent to an activating group) is 1. The zero-order chi connectivity index (χ0) is 33.3. The molecular weight excluding hydrogens is 595 g/mol. The molecule has 1 aliphatic heterocycles. The summed E-state index contributed by atoms with van der Waals surface area (Å²) in [5.74, 6) is 5.92. The van der Waals surface area contributed by atoms with Crippen LogP contribution in [0.2, 0.25) is 0 Å². The molecule has 3 aromatic rings. The largest absolute Gasteiger partial charge is 0.406 e. The van der Waals surface area contributed by atoms with Gasteiger partial charge in [0.25, 0.3) is 0 Å². The monoisotopic (exact) mass is 637 g/mol. The maximum atomic E-state index is 13.5. The number of carbonyl (C=O) groups is 1. The minimum Gasteiger partial charge on any atom is -0.383 e. The van der Waals surface area contributed by atoms with Gasteiger partial charge < -0.3 is 24.8 Å². The number of carbonyl (C=O) groups excluding carboxylic acids is 1. The number of anilines is 1. The maximum absolute atomic E-state index is 13.5. The first kappa shape index (κ1) is 34.8. The van der Waals surface area contributed by atoms with Gasteiger partial charge in [-0.15, -0.1) is 0 Å². The molecule has 3 heterocycles. The van der Waals surface area contributed by atoms with E-state index in [-0.39, 0.29) is 12.5 Å². The van der Waals surface area contributed by atoms with Gasteiger partial charge in [0.15, 0.2) is 0 Å². The van der Waals surface area contributed by atoms with Crippen molar-refractivity contribution in [1.29, 1.82) is 5.26 Å². The molecule has 246 valence electrons. The standard InChI is InChI=1S/C34H42F3N7O2/c1-33(2,23-38)31-10-8-28(21-41-31)39-13-5-6-29-19-26-18-25(7-9-30(26)44(29)24-34(35,36)37)20-40-27-11-14-43(15-12-27)22-32(45)42(3)16-17-46-4/h7-10,18-19,21,27,39-40H,11-17,20,22,24H2,1-4H3. The van der Waals surface area contributed by atoms with Crippen LogP contribution in [0.1, 0.15) is 43.6 Å². The van der Waals surface area contributed by atoms with Crippen molar-refractivity contribution in [1.82, 2.24) is 24.7 Å². The lowest BCUT2D eigenvalue weighted by atomic mass is 9.91. The molecule has 1 aliphatic rings. The first-order chi connectivity index (χ1) is 21.9. The normalized spacial score (nSPS) is 14.5. The molecule has 1 fully saturated rings. The van der Waals surface area contributed by atoms with Crippen molar-refractivity contribution in [2.24, 2.45) is 0 Å². The van der Waals surface area contributed by atoms with Crippen molar-refractivity contribution < 1.29 is 22.7 Å². The third kappa shape index (κ3) is 9.70. The van der Waals surface area contributed by atoms with Crippen LogP contribution in [-0.4, -0.2) is 91.0 Å². The van der Waals surface area contributed by atoms with Gasteiger partial charge in [-0.3, -0.25) is 14.7 Å². The summed E-state index contributed by atoms with van der Waals surface area (Å²) in [6, 6.07) is 13.3. The minimum atomic E-state index is -4.40. The van der Waals surface area contributed by atoms with Gasteiger partial charge in [-0.05, 0) is 68.5 Å². The average Bonchev–Trinajstić information content (AvgIpc) is 3.36. The lowest BCUT2D eigenvalue weighted by Gasteiger charge is -2.33. The van der Waals surface area contributed by atoms with Gasteiger partial charge in [0.1, 0.15) is 6.54 Å². The van der Waals surface area contributed by atoms with Crippen LogP contribution in [-0.2, 0) is 28.0 Å². The van der Waals surface area contributed by atoms with E-state index in [9.17, 15) is 23.2 Å². The number of nitriles is 1. The van der Waals surface area contributed by atoms with Crippen LogP contribution in [0.5, 0.6) is 0 Å². The van der Waals surface area contributed by atoms with E-state index in [0.29, 0.717) is 60.3 Å². The van der Waals surface area contributed by atoms with Crippen molar-refractivity contribution in [3.8, 4) is 17.9 Å². The fraction of sp³-hybridized carbons (Fsp3) is 0.500. The van der Waals surface area contributed by atoms with Crippen molar-refractivity contribution in [3.63, 3.8) is 0 Å². The van der Waals surface area contributed by atoms with Crippen molar-refractivity contribution in [2.45, 2.75) is 57.4 Å². The van der Waals surface area contributed by atoms with E-state index in [1.165, 1.54) is 4.57 Å². The van der Waals surface area contributed by atoms with E-state index in [1.807, 2.05) is 12.1 Å². The Bertz CT molecular complexity index is 1570. The summed E-state index contributed by atoms with van der Waals surface area (Å²) in [6.45, 7) is 6.36. The number of aromatic nitrogens is 2. The lowest BCUT2D eigenvalue weighted by Crippen LogP contribution is -2.46. The zero-order valence-corrected chi connectivity index (χ0v) is 26.9. The molecule has 2 aromatic heterocycles. The summed E-state index contributed by atoms with van der Waals surface area (Å²) < 4.78 is 46.8. The number of pyridine rings is 1. The number of rotatable bonds is 12. The molecule has 1 aromatic carbocycles. The predicted molar refractivity (Wildman–Crippen MR) is 172 cm³/mol. The van der Waals surface area contributed by atoms with E-state index < -0.39 is 18.1 Å². The molecule has 0 unspecified atom stereocenters. The van der Waals surface area contributed by atoms with E-state index in [2.05, 4.69) is 38.4 Å². The Hall–Kier alpha value is -4.10. The maximum Gasteiger partial charge on any atom is 0.406 e. The molecule has 12 heteroatoms. The molecule has 1 saturated heterocycles. The summed E-state index contributed by atoms with van der Waals surface area (Å²) in [5, 5.41) is 16.7. The van der Waals surface area contributed by atoms with E-state index in [0.717, 1.165) is 31.5 Å². The number of ether oxygens (including phenoxy) is 1. The molecule has 4 rings (SSSR count). The van der Waals surface area contributed by atoms with Crippen LogP contribution in [0.15, 0.2) is 42.6 Å². The molecule has 0 saturated carbocycles. The SMILES string of the molecule is COCCN(C)C(=O)CN1CCC(NCc2ccc3c(c2)cc(C#CCNc2ccc(C(C)(C)C#N)nc2)n3CC(F)(F)F)CC1. The molecule has 9 nitrogen and oxygen atoms in total. The summed E-state index contributed by atoms with van der Waals surface area (Å²) in [7, 11) is 3.40. The molecule has 0 aliphatic carbocycles. The number of benzene rings is 1. The second-order valence-corrected chi connectivity index (χ2v) is 12.2. The quantitative estimate of drug-likeness (QED) is 0.282. The molecule has 1 amide bonds. The van der Waals surface area contributed by atoms with Crippen LogP contribution in [0.4, 0.5) is 18.9 Å². The number of hydrogen-bond donors (Lipinski definition) is 2. The van der Waals surface area contributed by atoms with Crippen LogP contribution in [0.25, 0.3) is 10.9 Å². The number of nitrogens with zero attached hydrogens (tertiary/aromatic N) is 5. The first-order valence-electron chi connectivity index (χ1n) is 15.4. The van der Waals surface area contributed by atoms with Crippen molar-refractivity contribution in [2.75, 3.05) is 58.8 Å². The fourth-order valence-electron chi connectivity index (χ4n) is 5.31. The first-order valence-corrected chi connectivity index (χ1v) is 15.4. The van der Waals surface area contributed by atoms with E-state index in [1.54, 1.807) is 63.4 Å². The molecule has 0 spiro atoms. The lowest BCUT2D eigenvalue weighted by molar-refractivity contribution is -0.140. The highest BCUT2D eigenvalue weighted by molar-refractivity contribution is 5.83. The topological polar surface area (TPSA) is 98.4 Å². The van der Waals surface area contributed by atoms with Crippen molar-refractivity contribution in [3.05, 3.63) is 59.5 Å². The summed E-state index contributed by atoms with van der Waals surface area (Å²) >= 11 is 0. The fourth-order valence-corrected chi connectivity index (χ4v) is 5.31. The highest BCUT2D eigenvalue weighted by Crippen LogP contribution is 2.27. The van der Waals surface area contributed by atoms with Crippen molar-refractivity contribution >= 4 is 22.5 Å². The molecule has 0 atom stereocenters. The molecule has 46 heavy (non-hydrogen) atoms. The Morgan fingerprint density at radius 2 is 1.93 bits per heavy atom. The number of nitrogens with one attached hydrogen (secondary N) is 2. The van der Waals surface area contributed by atoms with E-state index >= 15 is 0 Å². The van der Waals surface area contributed by atoms with Gasteiger partial charge in [-0.25, -0.2) is 0 Å². The second-order valence-electron chi connectivity index (χ2n) is 12.2. The number of amides is 1. The van der Waals surface area contributed by atoms with Crippen LogP contribution in [0.3, 0.4) is 0 Å².